The van der Waals surface area contributed by atoms with Crippen molar-refractivity contribution in [3.63, 3.8) is 0 Å². The lowest BCUT2D eigenvalue weighted by molar-refractivity contribution is -0.141. The second-order valence-electron chi connectivity index (χ2n) is 5.71. The highest BCUT2D eigenvalue weighted by atomic mass is 16.5. The van der Waals surface area contributed by atoms with Crippen molar-refractivity contribution in [2.24, 2.45) is 0 Å². The van der Waals surface area contributed by atoms with Crippen molar-refractivity contribution in [3.8, 4) is 0 Å². The number of hydrogen-bond acceptors (Lipinski definition) is 3. The molecule has 2 atom stereocenters. The van der Waals surface area contributed by atoms with E-state index in [2.05, 4.69) is 5.32 Å². The van der Waals surface area contributed by atoms with E-state index < -0.39 is 5.54 Å². The molecule has 2 heterocycles. The number of carbonyl (C=O) groups is 2. The first-order valence-electron chi connectivity index (χ1n) is 6.65. The summed E-state index contributed by atoms with van der Waals surface area (Å²) in [5, 5.41) is 2.77. The van der Waals surface area contributed by atoms with Crippen LogP contribution in [-0.4, -0.2) is 47.6 Å². The minimum absolute atomic E-state index is 0.0173. The molecule has 102 valence electrons. The minimum Gasteiger partial charge on any atom is -0.376 e. The molecule has 0 aromatic carbocycles. The van der Waals surface area contributed by atoms with Gasteiger partial charge in [0.2, 0.25) is 11.8 Å². The third kappa shape index (κ3) is 2.51. The first-order valence-corrected chi connectivity index (χ1v) is 6.65. The van der Waals surface area contributed by atoms with E-state index in [1.165, 1.54) is 0 Å². The molecule has 2 aliphatic rings. The summed E-state index contributed by atoms with van der Waals surface area (Å²) in [7, 11) is 0. The van der Waals surface area contributed by atoms with Gasteiger partial charge in [-0.1, -0.05) is 0 Å². The Labute approximate surface area is 108 Å². The number of rotatable bonds is 2. The highest BCUT2D eigenvalue weighted by Gasteiger charge is 2.40. The van der Waals surface area contributed by atoms with Crippen LogP contribution in [0.2, 0.25) is 0 Å². The van der Waals surface area contributed by atoms with Crippen LogP contribution in [-0.2, 0) is 14.3 Å². The van der Waals surface area contributed by atoms with Crippen molar-refractivity contribution >= 4 is 11.8 Å². The molecule has 1 N–H and O–H groups in total. The molecule has 0 aliphatic carbocycles. The average Bonchev–Trinajstić information content (AvgIpc) is 2.77. The molecule has 2 rings (SSSR count). The standard InChI is InChI=1S/C13H22N2O3/c1-9(10-5-4-8-18-10)15-7-6-11(16)14-13(2,3)12(15)17/h9-10H,4-8H2,1-3H3,(H,14,16). The topological polar surface area (TPSA) is 58.6 Å². The summed E-state index contributed by atoms with van der Waals surface area (Å²) < 4.78 is 5.65. The van der Waals surface area contributed by atoms with Crippen LogP contribution in [0.25, 0.3) is 0 Å². The fourth-order valence-electron chi connectivity index (χ4n) is 2.72. The lowest BCUT2D eigenvalue weighted by Gasteiger charge is -2.35. The Morgan fingerprint density at radius 3 is 2.78 bits per heavy atom. The van der Waals surface area contributed by atoms with Crippen molar-refractivity contribution < 1.29 is 14.3 Å². The Bertz CT molecular complexity index is 348. The maximum absolute atomic E-state index is 12.5. The Kier molecular flexibility index (Phi) is 3.61. The number of nitrogens with one attached hydrogen (secondary N) is 1. The van der Waals surface area contributed by atoms with E-state index in [4.69, 9.17) is 4.74 Å². The lowest BCUT2D eigenvalue weighted by Crippen LogP contribution is -2.56. The normalized spacial score (nSPS) is 29.9. The number of hydrogen-bond donors (Lipinski definition) is 1. The van der Waals surface area contributed by atoms with Crippen LogP contribution in [0.4, 0.5) is 0 Å². The van der Waals surface area contributed by atoms with E-state index in [1.807, 2.05) is 6.92 Å². The molecule has 0 spiro atoms. The zero-order valence-corrected chi connectivity index (χ0v) is 11.4. The van der Waals surface area contributed by atoms with Gasteiger partial charge in [0.1, 0.15) is 5.54 Å². The smallest absolute Gasteiger partial charge is 0.248 e. The van der Waals surface area contributed by atoms with E-state index in [0.717, 1.165) is 19.4 Å². The van der Waals surface area contributed by atoms with E-state index in [0.29, 0.717) is 13.0 Å². The molecule has 18 heavy (non-hydrogen) atoms. The molecule has 0 radical (unpaired) electrons. The van der Waals surface area contributed by atoms with Crippen molar-refractivity contribution in [2.45, 2.75) is 57.7 Å². The Morgan fingerprint density at radius 1 is 1.44 bits per heavy atom. The fraction of sp³-hybridized carbons (Fsp3) is 0.846. The van der Waals surface area contributed by atoms with Crippen LogP contribution < -0.4 is 5.32 Å². The minimum atomic E-state index is -0.819. The van der Waals surface area contributed by atoms with Gasteiger partial charge in [-0.25, -0.2) is 0 Å². The highest BCUT2D eigenvalue weighted by molar-refractivity contribution is 5.93. The van der Waals surface area contributed by atoms with Gasteiger partial charge < -0.3 is 15.0 Å². The van der Waals surface area contributed by atoms with Gasteiger partial charge in [-0.15, -0.1) is 0 Å². The van der Waals surface area contributed by atoms with Crippen LogP contribution in [0.1, 0.15) is 40.0 Å². The van der Waals surface area contributed by atoms with Gasteiger partial charge in [0.15, 0.2) is 0 Å². The van der Waals surface area contributed by atoms with Gasteiger partial charge >= 0.3 is 0 Å². The summed E-state index contributed by atoms with van der Waals surface area (Å²) >= 11 is 0. The summed E-state index contributed by atoms with van der Waals surface area (Å²) in [5.41, 5.74) is -0.819. The molecular weight excluding hydrogens is 232 g/mol. The van der Waals surface area contributed by atoms with Gasteiger partial charge in [-0.3, -0.25) is 9.59 Å². The summed E-state index contributed by atoms with van der Waals surface area (Å²) in [6, 6.07) is 0.0342. The van der Waals surface area contributed by atoms with Crippen LogP contribution >= 0.6 is 0 Å². The molecule has 2 amide bonds. The maximum atomic E-state index is 12.5. The van der Waals surface area contributed by atoms with E-state index in [9.17, 15) is 9.59 Å². The van der Waals surface area contributed by atoms with Crippen LogP contribution in [0.15, 0.2) is 0 Å². The first kappa shape index (κ1) is 13.3. The van der Waals surface area contributed by atoms with E-state index >= 15 is 0 Å². The predicted molar refractivity (Wildman–Crippen MR) is 67.0 cm³/mol. The van der Waals surface area contributed by atoms with Gasteiger partial charge in [0.05, 0.1) is 12.1 Å². The van der Waals surface area contributed by atoms with E-state index in [-0.39, 0.29) is 24.0 Å². The third-order valence-electron chi connectivity index (χ3n) is 3.82. The quantitative estimate of drug-likeness (QED) is 0.788. The Hall–Kier alpha value is -1.10. The van der Waals surface area contributed by atoms with Gasteiger partial charge in [0, 0.05) is 19.6 Å². The van der Waals surface area contributed by atoms with Gasteiger partial charge in [-0.2, -0.15) is 0 Å². The predicted octanol–water partition coefficient (Wildman–Crippen LogP) is 0.681. The van der Waals surface area contributed by atoms with Crippen LogP contribution in [0, 0.1) is 0 Å². The van der Waals surface area contributed by atoms with Crippen molar-refractivity contribution in [1.29, 1.82) is 0 Å². The second kappa shape index (κ2) is 4.88. The monoisotopic (exact) mass is 254 g/mol. The largest absolute Gasteiger partial charge is 0.376 e. The summed E-state index contributed by atoms with van der Waals surface area (Å²) in [4.78, 5) is 25.9. The van der Waals surface area contributed by atoms with Crippen LogP contribution in [0.3, 0.4) is 0 Å². The van der Waals surface area contributed by atoms with Crippen molar-refractivity contribution in [2.75, 3.05) is 13.2 Å². The summed E-state index contributed by atoms with van der Waals surface area (Å²) in [6.45, 7) is 6.79. The maximum Gasteiger partial charge on any atom is 0.248 e. The zero-order chi connectivity index (χ0) is 13.3. The molecule has 2 aliphatic heterocycles. The highest BCUT2D eigenvalue weighted by Crippen LogP contribution is 2.23. The average molecular weight is 254 g/mol. The molecule has 0 aromatic heterocycles. The number of nitrogens with zero attached hydrogens (tertiary/aromatic N) is 1. The molecule has 5 nitrogen and oxygen atoms in total. The van der Waals surface area contributed by atoms with Crippen LogP contribution in [0.5, 0.6) is 0 Å². The molecule has 0 saturated carbocycles. The molecular formula is C13H22N2O3. The summed E-state index contributed by atoms with van der Waals surface area (Å²) in [5.74, 6) is -0.0771. The summed E-state index contributed by atoms with van der Waals surface area (Å²) in [6.07, 6.45) is 2.52. The number of amides is 2. The fourth-order valence-corrected chi connectivity index (χ4v) is 2.72. The molecule has 0 bridgehead atoms. The number of ether oxygens (including phenoxy) is 1. The lowest BCUT2D eigenvalue weighted by atomic mass is 10.0. The SMILES string of the molecule is CC(C1CCCO1)N1CCC(=O)NC(C)(C)C1=O. The number of carbonyl (C=O) groups excluding carboxylic acids is 2. The second-order valence-corrected chi connectivity index (χ2v) is 5.71. The zero-order valence-electron chi connectivity index (χ0n) is 11.4. The third-order valence-corrected chi connectivity index (χ3v) is 3.82. The molecule has 2 unspecified atom stereocenters. The van der Waals surface area contributed by atoms with E-state index in [1.54, 1.807) is 18.7 Å². The molecule has 2 saturated heterocycles. The Morgan fingerprint density at radius 2 is 2.17 bits per heavy atom. The molecule has 0 aromatic rings. The van der Waals surface area contributed by atoms with Crippen molar-refractivity contribution in [3.05, 3.63) is 0 Å². The molecule has 5 heteroatoms. The molecule has 2 fully saturated rings. The first-order chi connectivity index (χ1) is 8.42. The van der Waals surface area contributed by atoms with Gasteiger partial charge in [-0.05, 0) is 33.6 Å². The van der Waals surface area contributed by atoms with Gasteiger partial charge in [0.25, 0.3) is 0 Å². The Balaban J connectivity index is 2.14. The van der Waals surface area contributed by atoms with Crippen molar-refractivity contribution in [1.82, 2.24) is 10.2 Å².